The molecule has 0 unspecified atom stereocenters. The van der Waals surface area contributed by atoms with Gasteiger partial charge in [0.05, 0.1) is 27.2 Å². The first-order valence-electron chi connectivity index (χ1n) is 8.74. The fourth-order valence-electron chi connectivity index (χ4n) is 3.48. The molecule has 1 aromatic heterocycles. The highest BCUT2D eigenvalue weighted by Crippen LogP contribution is 2.39. The zero-order valence-electron chi connectivity index (χ0n) is 14.9. The molecule has 1 fully saturated rings. The number of hydrogen-bond donors (Lipinski definition) is 1. The van der Waals surface area contributed by atoms with Crippen LogP contribution in [0.4, 0.5) is 24.7 Å². The number of rotatable bonds is 3. The third-order valence-electron chi connectivity index (χ3n) is 4.90. The van der Waals surface area contributed by atoms with Crippen LogP contribution < -0.4 is 9.80 Å². The number of nitrogens with zero attached hydrogens (tertiary/aromatic N) is 3. The van der Waals surface area contributed by atoms with Crippen molar-refractivity contribution < 1.29 is 27.6 Å². The molecule has 1 N–H and O–H groups in total. The highest BCUT2D eigenvalue weighted by Gasteiger charge is 2.36. The number of carboxylic acid groups (broad SMARTS) is 1. The largest absolute Gasteiger partial charge is 0.478 e. The summed E-state index contributed by atoms with van der Waals surface area (Å²) < 4.78 is 45.3. The molecule has 0 bridgehead atoms. The van der Waals surface area contributed by atoms with Crippen LogP contribution in [0.25, 0.3) is 11.0 Å². The number of aromatic carboxylic acids is 1. The van der Waals surface area contributed by atoms with Gasteiger partial charge >= 0.3 is 12.1 Å². The quantitative estimate of drug-likeness (QED) is 0.665. The molecule has 10 heteroatoms. The topological polar surface area (TPSA) is 69.8 Å². The standard InChI is InChI=1S/C19H15ClF3N3O3/c20-13-10-11(18(27)28)4-5-14(13)25-6-8-26(9-7-25)17-16-12(19(21,22)23)2-1-3-15(16)29-24-17/h1-5,10H,6-9H2,(H,27,28). The summed E-state index contributed by atoms with van der Waals surface area (Å²) in [5.41, 5.74) is 0.0778. The van der Waals surface area contributed by atoms with Crippen LogP contribution in [0.1, 0.15) is 15.9 Å². The van der Waals surface area contributed by atoms with Gasteiger partial charge in [-0.1, -0.05) is 22.8 Å². The summed E-state index contributed by atoms with van der Waals surface area (Å²) in [5, 5.41) is 13.2. The molecular formula is C19H15ClF3N3O3. The highest BCUT2D eigenvalue weighted by molar-refractivity contribution is 6.33. The average Bonchev–Trinajstić information content (AvgIpc) is 3.11. The van der Waals surface area contributed by atoms with Gasteiger partial charge in [0, 0.05) is 26.2 Å². The number of hydrogen-bond acceptors (Lipinski definition) is 5. The highest BCUT2D eigenvalue weighted by atomic mass is 35.5. The number of benzene rings is 2. The second kappa shape index (κ2) is 7.14. The fourth-order valence-corrected chi connectivity index (χ4v) is 3.78. The zero-order valence-corrected chi connectivity index (χ0v) is 15.7. The van der Waals surface area contributed by atoms with Crippen molar-refractivity contribution in [2.45, 2.75) is 6.18 Å². The number of carboxylic acids is 1. The minimum Gasteiger partial charge on any atom is -0.478 e. The van der Waals surface area contributed by atoms with Gasteiger partial charge in [-0.2, -0.15) is 13.2 Å². The monoisotopic (exact) mass is 425 g/mol. The normalized spacial score (nSPS) is 15.2. The van der Waals surface area contributed by atoms with E-state index in [-0.39, 0.29) is 22.4 Å². The molecule has 2 aromatic carbocycles. The number of anilines is 2. The number of halogens is 4. The maximum absolute atomic E-state index is 13.4. The molecule has 0 amide bonds. The molecule has 1 saturated heterocycles. The Labute approximate surface area is 168 Å². The molecular weight excluding hydrogens is 411 g/mol. The summed E-state index contributed by atoms with van der Waals surface area (Å²) >= 11 is 6.22. The zero-order chi connectivity index (χ0) is 20.8. The van der Waals surface area contributed by atoms with E-state index in [1.165, 1.54) is 24.3 Å². The van der Waals surface area contributed by atoms with E-state index in [0.29, 0.717) is 36.9 Å². The Balaban J connectivity index is 1.57. The molecule has 1 aliphatic heterocycles. The van der Waals surface area contributed by atoms with E-state index < -0.39 is 17.7 Å². The maximum atomic E-state index is 13.4. The van der Waals surface area contributed by atoms with Crippen molar-refractivity contribution in [1.82, 2.24) is 5.16 Å². The van der Waals surface area contributed by atoms with Crippen LogP contribution in [-0.2, 0) is 6.18 Å². The summed E-state index contributed by atoms with van der Waals surface area (Å²) in [5.74, 6) is -0.901. The van der Waals surface area contributed by atoms with Crippen LogP contribution in [0, 0.1) is 0 Å². The first-order chi connectivity index (χ1) is 13.8. The Morgan fingerprint density at radius 3 is 2.41 bits per heavy atom. The summed E-state index contributed by atoms with van der Waals surface area (Å²) in [6.45, 7) is 1.78. The number of carbonyl (C=O) groups is 1. The molecule has 4 rings (SSSR count). The molecule has 0 saturated carbocycles. The molecule has 0 aliphatic carbocycles. The first kappa shape index (κ1) is 19.4. The second-order valence-electron chi connectivity index (χ2n) is 6.63. The van der Waals surface area contributed by atoms with E-state index in [9.17, 15) is 18.0 Å². The molecule has 1 aliphatic rings. The van der Waals surface area contributed by atoms with Gasteiger partial charge in [0.15, 0.2) is 11.4 Å². The van der Waals surface area contributed by atoms with Gasteiger partial charge in [0.25, 0.3) is 0 Å². The molecule has 2 heterocycles. The Morgan fingerprint density at radius 2 is 1.79 bits per heavy atom. The lowest BCUT2D eigenvalue weighted by Gasteiger charge is -2.36. The van der Waals surface area contributed by atoms with Crippen LogP contribution >= 0.6 is 11.6 Å². The summed E-state index contributed by atoms with van der Waals surface area (Å²) in [4.78, 5) is 14.7. The Morgan fingerprint density at radius 1 is 1.10 bits per heavy atom. The van der Waals surface area contributed by atoms with Gasteiger partial charge in [0.2, 0.25) is 0 Å². The van der Waals surface area contributed by atoms with Crippen molar-refractivity contribution in [3.8, 4) is 0 Å². The summed E-state index contributed by atoms with van der Waals surface area (Å²) in [6.07, 6.45) is -4.51. The van der Waals surface area contributed by atoms with Crippen LogP contribution in [0.5, 0.6) is 0 Å². The van der Waals surface area contributed by atoms with Gasteiger partial charge < -0.3 is 19.4 Å². The van der Waals surface area contributed by atoms with Crippen LogP contribution in [0.2, 0.25) is 5.02 Å². The average molecular weight is 426 g/mol. The molecule has 3 aromatic rings. The minimum atomic E-state index is -4.51. The smallest absolute Gasteiger partial charge is 0.417 e. The third-order valence-corrected chi connectivity index (χ3v) is 5.20. The van der Waals surface area contributed by atoms with Crippen molar-refractivity contribution in [2.24, 2.45) is 0 Å². The molecule has 0 radical (unpaired) electrons. The molecule has 152 valence electrons. The van der Waals surface area contributed by atoms with Crippen molar-refractivity contribution in [3.63, 3.8) is 0 Å². The fraction of sp³-hybridized carbons (Fsp3) is 0.263. The van der Waals surface area contributed by atoms with Crippen molar-refractivity contribution in [1.29, 1.82) is 0 Å². The second-order valence-corrected chi connectivity index (χ2v) is 7.04. The maximum Gasteiger partial charge on any atom is 0.417 e. The minimum absolute atomic E-state index is 0.0442. The van der Waals surface area contributed by atoms with Gasteiger partial charge in [-0.15, -0.1) is 0 Å². The SMILES string of the molecule is O=C(O)c1ccc(N2CCN(c3noc4cccc(C(F)(F)F)c34)CC2)c(Cl)c1. The third kappa shape index (κ3) is 3.57. The van der Waals surface area contributed by atoms with E-state index >= 15 is 0 Å². The van der Waals surface area contributed by atoms with E-state index in [2.05, 4.69) is 5.16 Å². The first-order valence-corrected chi connectivity index (χ1v) is 9.12. The molecule has 0 atom stereocenters. The van der Waals surface area contributed by atoms with E-state index in [4.69, 9.17) is 21.2 Å². The number of aromatic nitrogens is 1. The van der Waals surface area contributed by atoms with Gasteiger partial charge in [-0.3, -0.25) is 0 Å². The lowest BCUT2D eigenvalue weighted by Crippen LogP contribution is -2.46. The Bertz CT molecular complexity index is 1080. The van der Waals surface area contributed by atoms with Crippen molar-refractivity contribution in [2.75, 3.05) is 36.0 Å². The van der Waals surface area contributed by atoms with Crippen LogP contribution in [0.15, 0.2) is 40.9 Å². The predicted molar refractivity (Wildman–Crippen MR) is 102 cm³/mol. The van der Waals surface area contributed by atoms with Gasteiger partial charge in [0.1, 0.15) is 0 Å². The predicted octanol–water partition coefficient (Wildman–Crippen LogP) is 4.52. The van der Waals surface area contributed by atoms with Crippen molar-refractivity contribution in [3.05, 3.63) is 52.5 Å². The Kier molecular flexibility index (Phi) is 4.77. The lowest BCUT2D eigenvalue weighted by molar-refractivity contribution is -0.136. The van der Waals surface area contributed by atoms with E-state index in [1.807, 2.05) is 4.90 Å². The lowest BCUT2D eigenvalue weighted by atomic mass is 10.1. The summed E-state index contributed by atoms with van der Waals surface area (Å²) in [7, 11) is 0. The summed E-state index contributed by atoms with van der Waals surface area (Å²) in [6, 6.07) is 8.25. The van der Waals surface area contributed by atoms with E-state index in [0.717, 1.165) is 6.07 Å². The van der Waals surface area contributed by atoms with Crippen molar-refractivity contribution >= 4 is 40.0 Å². The number of alkyl halides is 3. The molecule has 6 nitrogen and oxygen atoms in total. The van der Waals surface area contributed by atoms with Crippen LogP contribution in [-0.4, -0.2) is 42.4 Å². The van der Waals surface area contributed by atoms with Crippen LogP contribution in [0.3, 0.4) is 0 Å². The number of piperazine rings is 1. The Hall–Kier alpha value is -2.94. The number of fused-ring (bicyclic) bond motifs is 1. The van der Waals surface area contributed by atoms with E-state index in [1.54, 1.807) is 11.0 Å². The van der Waals surface area contributed by atoms with Gasteiger partial charge in [-0.25, -0.2) is 4.79 Å². The molecule has 29 heavy (non-hydrogen) atoms. The molecule has 0 spiro atoms. The van der Waals surface area contributed by atoms with Gasteiger partial charge in [-0.05, 0) is 30.3 Å².